The van der Waals surface area contributed by atoms with E-state index in [1.165, 1.54) is 12.3 Å². The van der Waals surface area contributed by atoms with Crippen LogP contribution in [0.25, 0.3) is 10.9 Å². The number of aromatic nitrogens is 2. The normalized spacial score (nSPS) is 14.0. The maximum absolute atomic E-state index is 13.1. The van der Waals surface area contributed by atoms with E-state index in [0.717, 1.165) is 23.6 Å². The minimum Gasteiger partial charge on any atom is -0.378 e. The van der Waals surface area contributed by atoms with E-state index in [1.54, 1.807) is 36.5 Å². The maximum atomic E-state index is 13.1. The first-order valence-electron chi connectivity index (χ1n) is 12.2. The fourth-order valence-electron chi connectivity index (χ4n) is 4.47. The summed E-state index contributed by atoms with van der Waals surface area (Å²) >= 11 is 0. The van der Waals surface area contributed by atoms with E-state index >= 15 is 0 Å². The molecule has 2 aromatic heterocycles. The molecule has 0 spiro atoms. The Labute approximate surface area is 218 Å². The third-order valence-electron chi connectivity index (χ3n) is 6.62. The summed E-state index contributed by atoms with van der Waals surface area (Å²) in [4.78, 5) is 27.7. The van der Waals surface area contributed by atoms with Gasteiger partial charge in [-0.25, -0.2) is 4.98 Å². The van der Waals surface area contributed by atoms with Crippen molar-refractivity contribution < 1.29 is 18.0 Å². The van der Waals surface area contributed by atoms with Crippen LogP contribution in [-0.4, -0.2) is 61.0 Å². The average molecular weight is 521 g/mol. The monoisotopic (exact) mass is 520 g/mol. The summed E-state index contributed by atoms with van der Waals surface area (Å²) in [5.74, 6) is 0.859. The van der Waals surface area contributed by atoms with Gasteiger partial charge in [-0.05, 0) is 48.5 Å². The van der Waals surface area contributed by atoms with Crippen molar-refractivity contribution in [3.8, 4) is 0 Å². The second kappa shape index (κ2) is 10.2. The predicted molar refractivity (Wildman–Crippen MR) is 143 cm³/mol. The lowest BCUT2D eigenvalue weighted by molar-refractivity contribution is -0.137. The molecular weight excluding hydrogens is 493 g/mol. The molecule has 7 nitrogen and oxygen atoms in total. The Hall–Kier alpha value is -4.34. The number of rotatable bonds is 5. The molecule has 1 aliphatic rings. The second-order valence-electron chi connectivity index (χ2n) is 9.34. The summed E-state index contributed by atoms with van der Waals surface area (Å²) in [6.45, 7) is 2.58. The van der Waals surface area contributed by atoms with Crippen LogP contribution in [0.5, 0.6) is 0 Å². The molecule has 0 bridgehead atoms. The number of carbonyl (C=O) groups is 1. The highest BCUT2D eigenvalue weighted by Crippen LogP contribution is 2.33. The zero-order chi connectivity index (χ0) is 26.9. The van der Waals surface area contributed by atoms with Gasteiger partial charge >= 0.3 is 6.18 Å². The number of anilines is 4. The Morgan fingerprint density at radius 1 is 0.895 bits per heavy atom. The van der Waals surface area contributed by atoms with Crippen molar-refractivity contribution in [3.63, 3.8) is 0 Å². The van der Waals surface area contributed by atoms with Gasteiger partial charge in [0, 0.05) is 86.7 Å². The number of piperazine rings is 1. The summed E-state index contributed by atoms with van der Waals surface area (Å²) in [5.41, 5.74) is 2.51. The first-order valence-corrected chi connectivity index (χ1v) is 12.2. The molecule has 0 unspecified atom stereocenters. The number of benzene rings is 2. The van der Waals surface area contributed by atoms with Crippen LogP contribution < -0.4 is 15.1 Å². The quantitative estimate of drug-likeness (QED) is 0.379. The number of hydrogen-bond acceptors (Lipinski definition) is 6. The molecule has 0 atom stereocenters. The molecule has 5 rings (SSSR count). The van der Waals surface area contributed by atoms with E-state index in [-0.39, 0.29) is 11.4 Å². The SMILES string of the molecule is CN(C)c1ccnc(N2CCN(C(=O)c3ccc(Nc4ccnc5cc(C(F)(F)F)ccc45)cc3)CC2)c1. The maximum Gasteiger partial charge on any atom is 0.416 e. The largest absolute Gasteiger partial charge is 0.416 e. The van der Waals surface area contributed by atoms with E-state index in [1.807, 2.05) is 36.0 Å². The van der Waals surface area contributed by atoms with Crippen molar-refractivity contribution in [3.05, 3.63) is 84.2 Å². The Balaban J connectivity index is 1.23. The van der Waals surface area contributed by atoms with Crippen molar-refractivity contribution in [2.75, 3.05) is 55.4 Å². The van der Waals surface area contributed by atoms with Gasteiger partial charge in [0.05, 0.1) is 11.1 Å². The zero-order valence-corrected chi connectivity index (χ0v) is 21.0. The zero-order valence-electron chi connectivity index (χ0n) is 21.0. The smallest absolute Gasteiger partial charge is 0.378 e. The van der Waals surface area contributed by atoms with Crippen LogP contribution >= 0.6 is 0 Å². The average Bonchev–Trinajstić information content (AvgIpc) is 2.92. The highest BCUT2D eigenvalue weighted by molar-refractivity contribution is 5.96. The van der Waals surface area contributed by atoms with Gasteiger partial charge in [0.2, 0.25) is 0 Å². The number of hydrogen-bond donors (Lipinski definition) is 1. The topological polar surface area (TPSA) is 64.6 Å². The number of nitrogens with one attached hydrogen (secondary N) is 1. The first-order chi connectivity index (χ1) is 18.2. The minimum atomic E-state index is -4.43. The fraction of sp³-hybridized carbons (Fsp3) is 0.250. The lowest BCUT2D eigenvalue weighted by Gasteiger charge is -2.35. The van der Waals surface area contributed by atoms with Gasteiger partial charge in [0.25, 0.3) is 5.91 Å². The number of amides is 1. The van der Waals surface area contributed by atoms with E-state index in [2.05, 4.69) is 20.2 Å². The first kappa shape index (κ1) is 25.3. The lowest BCUT2D eigenvalue weighted by Crippen LogP contribution is -2.49. The molecule has 1 amide bonds. The van der Waals surface area contributed by atoms with Crippen LogP contribution in [0.3, 0.4) is 0 Å². The Bertz CT molecular complexity index is 1450. The number of halogens is 3. The van der Waals surface area contributed by atoms with Gasteiger partial charge in [0.1, 0.15) is 5.82 Å². The van der Waals surface area contributed by atoms with Crippen molar-refractivity contribution in [1.29, 1.82) is 0 Å². The van der Waals surface area contributed by atoms with Crippen LogP contribution in [-0.2, 0) is 6.18 Å². The van der Waals surface area contributed by atoms with Crippen LogP contribution in [0.15, 0.2) is 73.1 Å². The highest BCUT2D eigenvalue weighted by atomic mass is 19.4. The number of carbonyl (C=O) groups excluding carboxylic acids is 1. The molecule has 10 heteroatoms. The summed E-state index contributed by atoms with van der Waals surface area (Å²) in [5, 5.41) is 3.80. The molecule has 1 aliphatic heterocycles. The van der Waals surface area contributed by atoms with Crippen molar-refractivity contribution in [2.24, 2.45) is 0 Å². The molecule has 0 aliphatic carbocycles. The summed E-state index contributed by atoms with van der Waals surface area (Å²) in [7, 11) is 3.98. The lowest BCUT2D eigenvalue weighted by atomic mass is 10.1. The molecule has 1 saturated heterocycles. The van der Waals surface area contributed by atoms with Gasteiger partial charge in [-0.15, -0.1) is 0 Å². The van der Waals surface area contributed by atoms with Crippen molar-refractivity contribution in [2.45, 2.75) is 6.18 Å². The Morgan fingerprint density at radius 2 is 1.61 bits per heavy atom. The second-order valence-corrected chi connectivity index (χ2v) is 9.34. The molecule has 0 radical (unpaired) electrons. The van der Waals surface area contributed by atoms with Gasteiger partial charge < -0.3 is 20.0 Å². The minimum absolute atomic E-state index is 0.0414. The van der Waals surface area contributed by atoms with Crippen LogP contribution in [0.4, 0.5) is 36.1 Å². The number of nitrogens with zero attached hydrogens (tertiary/aromatic N) is 5. The molecule has 0 saturated carbocycles. The third kappa shape index (κ3) is 5.34. The van der Waals surface area contributed by atoms with Gasteiger partial charge in [-0.2, -0.15) is 13.2 Å². The Kier molecular flexibility index (Phi) is 6.79. The molecule has 3 heterocycles. The molecule has 4 aromatic rings. The summed E-state index contributed by atoms with van der Waals surface area (Å²) in [6.07, 6.45) is -1.16. The standard InChI is InChI=1S/C28H27F3N6O/c1-35(2)22-9-11-33-26(18-22)36-13-15-37(16-14-36)27(38)19-3-6-21(7-4-19)34-24-10-12-32-25-17-20(28(29,30)31)5-8-23(24)25/h3-12,17-18H,13-16H2,1-2H3,(H,32,34). The molecule has 2 aromatic carbocycles. The summed E-state index contributed by atoms with van der Waals surface area (Å²) in [6, 6.07) is 16.3. The molecule has 38 heavy (non-hydrogen) atoms. The Morgan fingerprint density at radius 3 is 2.29 bits per heavy atom. The van der Waals surface area contributed by atoms with Crippen LogP contribution in [0.2, 0.25) is 0 Å². The highest BCUT2D eigenvalue weighted by Gasteiger charge is 2.30. The van der Waals surface area contributed by atoms with Crippen molar-refractivity contribution in [1.82, 2.24) is 14.9 Å². The molecular formula is C28H27F3N6O. The van der Waals surface area contributed by atoms with E-state index in [0.29, 0.717) is 48.5 Å². The molecule has 1 fully saturated rings. The number of alkyl halides is 3. The number of pyridine rings is 2. The van der Waals surface area contributed by atoms with Crippen LogP contribution in [0, 0.1) is 0 Å². The van der Waals surface area contributed by atoms with E-state index in [4.69, 9.17) is 0 Å². The number of fused-ring (bicyclic) bond motifs is 1. The van der Waals surface area contributed by atoms with E-state index < -0.39 is 11.7 Å². The molecule has 1 N–H and O–H groups in total. The molecule has 196 valence electrons. The summed E-state index contributed by atoms with van der Waals surface area (Å²) < 4.78 is 39.2. The predicted octanol–water partition coefficient (Wildman–Crippen LogP) is 5.42. The van der Waals surface area contributed by atoms with Gasteiger partial charge in [-0.1, -0.05) is 6.07 Å². The third-order valence-corrected chi connectivity index (χ3v) is 6.62. The van der Waals surface area contributed by atoms with E-state index in [9.17, 15) is 18.0 Å². The fourth-order valence-corrected chi connectivity index (χ4v) is 4.47. The van der Waals surface area contributed by atoms with Gasteiger partial charge in [-0.3, -0.25) is 9.78 Å². The van der Waals surface area contributed by atoms with Crippen LogP contribution in [0.1, 0.15) is 15.9 Å². The van der Waals surface area contributed by atoms with Crippen molar-refractivity contribution >= 4 is 39.7 Å². The van der Waals surface area contributed by atoms with Gasteiger partial charge in [0.15, 0.2) is 0 Å².